The van der Waals surface area contributed by atoms with Gasteiger partial charge in [0.05, 0.1) is 12.2 Å². The van der Waals surface area contributed by atoms with E-state index in [0.717, 1.165) is 5.56 Å². The van der Waals surface area contributed by atoms with Gasteiger partial charge in [-0.3, -0.25) is 0 Å². The lowest BCUT2D eigenvalue weighted by Gasteiger charge is -2.14. The number of hydrogen-bond acceptors (Lipinski definition) is 4. The van der Waals surface area contributed by atoms with Crippen LogP contribution in [0.1, 0.15) is 22.8 Å². The summed E-state index contributed by atoms with van der Waals surface area (Å²) in [7, 11) is 0. The number of halogens is 2. The van der Waals surface area contributed by atoms with E-state index in [1.54, 1.807) is 36.4 Å². The minimum Gasteiger partial charge on any atom is -0.490 e. The van der Waals surface area contributed by atoms with Crippen LogP contribution >= 0.6 is 23.2 Å². The van der Waals surface area contributed by atoms with Crippen LogP contribution in [0.4, 0.5) is 0 Å². The fourth-order valence-corrected chi connectivity index (χ4v) is 2.50. The van der Waals surface area contributed by atoms with Gasteiger partial charge in [0.15, 0.2) is 11.5 Å². The minimum atomic E-state index is -0.451. The van der Waals surface area contributed by atoms with Crippen molar-refractivity contribution in [3.05, 3.63) is 70.2 Å². The number of rotatable bonds is 8. The molecule has 4 nitrogen and oxygen atoms in total. The zero-order chi connectivity index (χ0) is 18.2. The van der Waals surface area contributed by atoms with Gasteiger partial charge in [-0.05, 0) is 37.3 Å². The Morgan fingerprint density at radius 1 is 1.12 bits per heavy atom. The summed E-state index contributed by atoms with van der Waals surface area (Å²) in [6.07, 6.45) is 1.51. The summed E-state index contributed by atoms with van der Waals surface area (Å²) in [5, 5.41) is 1.08. The Morgan fingerprint density at radius 3 is 2.60 bits per heavy atom. The number of carbonyl (C=O) groups is 1. The molecular formula is C19H18Cl2O4. The highest BCUT2D eigenvalue weighted by atomic mass is 35.5. The molecule has 0 aliphatic rings. The largest absolute Gasteiger partial charge is 0.490 e. The van der Waals surface area contributed by atoms with Crippen molar-refractivity contribution in [2.45, 2.75) is 13.5 Å². The molecule has 0 amide bonds. The Bertz CT molecular complexity index is 759. The summed E-state index contributed by atoms with van der Waals surface area (Å²) in [4.78, 5) is 11.9. The summed E-state index contributed by atoms with van der Waals surface area (Å²) in [6.45, 7) is 6.19. The van der Waals surface area contributed by atoms with E-state index in [1.807, 2.05) is 6.92 Å². The number of ether oxygens (including phenoxy) is 3. The number of hydrogen-bond donors (Lipinski definition) is 0. The molecule has 0 N–H and O–H groups in total. The van der Waals surface area contributed by atoms with Crippen molar-refractivity contribution < 1.29 is 19.0 Å². The van der Waals surface area contributed by atoms with Gasteiger partial charge in [-0.2, -0.15) is 0 Å². The molecular weight excluding hydrogens is 363 g/mol. The summed E-state index contributed by atoms with van der Waals surface area (Å²) in [5.41, 5.74) is 1.17. The molecule has 0 saturated heterocycles. The van der Waals surface area contributed by atoms with Gasteiger partial charge in [-0.1, -0.05) is 41.9 Å². The maximum Gasteiger partial charge on any atom is 0.338 e. The molecule has 0 heterocycles. The van der Waals surface area contributed by atoms with Crippen molar-refractivity contribution in [1.82, 2.24) is 0 Å². The van der Waals surface area contributed by atoms with E-state index in [-0.39, 0.29) is 13.2 Å². The number of esters is 1. The quantitative estimate of drug-likeness (QED) is 0.459. The summed E-state index contributed by atoms with van der Waals surface area (Å²) in [5.74, 6) is 0.516. The van der Waals surface area contributed by atoms with Gasteiger partial charge < -0.3 is 14.2 Å². The zero-order valence-corrected chi connectivity index (χ0v) is 15.3. The number of carbonyl (C=O) groups excluding carboxylic acids is 1. The van der Waals surface area contributed by atoms with Crippen molar-refractivity contribution in [2.24, 2.45) is 0 Å². The second-order valence-corrected chi connectivity index (χ2v) is 5.85. The summed E-state index contributed by atoms with van der Waals surface area (Å²) >= 11 is 12.0. The topological polar surface area (TPSA) is 44.8 Å². The molecule has 2 rings (SSSR count). The van der Waals surface area contributed by atoms with E-state index in [9.17, 15) is 4.79 Å². The molecule has 0 radical (unpaired) electrons. The predicted octanol–water partition coefficient (Wildman–Crippen LogP) is 5.31. The molecule has 25 heavy (non-hydrogen) atoms. The van der Waals surface area contributed by atoms with Crippen LogP contribution in [0.2, 0.25) is 10.0 Å². The van der Waals surface area contributed by atoms with Crippen molar-refractivity contribution in [2.75, 3.05) is 13.2 Å². The molecule has 0 spiro atoms. The number of benzene rings is 2. The van der Waals surface area contributed by atoms with Gasteiger partial charge in [0.2, 0.25) is 0 Å². The molecule has 0 unspecified atom stereocenters. The second kappa shape index (κ2) is 9.35. The van der Waals surface area contributed by atoms with Crippen LogP contribution in [-0.2, 0) is 11.3 Å². The molecule has 2 aromatic rings. The van der Waals surface area contributed by atoms with E-state index in [0.29, 0.717) is 33.7 Å². The molecule has 0 aliphatic heterocycles. The molecule has 0 aromatic heterocycles. The Kier molecular flexibility index (Phi) is 7.16. The maximum atomic E-state index is 11.9. The Hall–Kier alpha value is -2.17. The highest BCUT2D eigenvalue weighted by molar-refractivity contribution is 6.35. The predicted molar refractivity (Wildman–Crippen MR) is 98.9 cm³/mol. The average Bonchev–Trinajstić information content (AvgIpc) is 2.60. The van der Waals surface area contributed by atoms with Crippen LogP contribution in [-0.4, -0.2) is 19.2 Å². The highest BCUT2D eigenvalue weighted by Crippen LogP contribution is 2.30. The van der Waals surface area contributed by atoms with E-state index in [2.05, 4.69) is 6.58 Å². The van der Waals surface area contributed by atoms with Gasteiger partial charge in [0.1, 0.15) is 13.2 Å². The van der Waals surface area contributed by atoms with Gasteiger partial charge >= 0.3 is 5.97 Å². The van der Waals surface area contributed by atoms with Gasteiger partial charge in [-0.25, -0.2) is 4.79 Å². The summed E-state index contributed by atoms with van der Waals surface area (Å²) < 4.78 is 16.4. The first-order valence-electron chi connectivity index (χ1n) is 7.66. The fraction of sp³-hybridized carbons (Fsp3) is 0.211. The van der Waals surface area contributed by atoms with E-state index >= 15 is 0 Å². The minimum absolute atomic E-state index is 0.149. The van der Waals surface area contributed by atoms with Crippen molar-refractivity contribution in [3.63, 3.8) is 0 Å². The molecule has 0 atom stereocenters. The Labute approximate surface area is 156 Å². The molecule has 0 bridgehead atoms. The third kappa shape index (κ3) is 5.41. The zero-order valence-electron chi connectivity index (χ0n) is 13.8. The van der Waals surface area contributed by atoms with Crippen LogP contribution in [0.25, 0.3) is 0 Å². The fourth-order valence-electron chi connectivity index (χ4n) is 2.03. The smallest absolute Gasteiger partial charge is 0.338 e. The molecule has 0 aliphatic carbocycles. The van der Waals surface area contributed by atoms with Crippen LogP contribution < -0.4 is 9.47 Å². The lowest BCUT2D eigenvalue weighted by molar-refractivity contribution is 0.0549. The van der Waals surface area contributed by atoms with Crippen LogP contribution in [0.3, 0.4) is 0 Å². The highest BCUT2D eigenvalue weighted by Gasteiger charge is 2.13. The van der Waals surface area contributed by atoms with Crippen LogP contribution in [0, 0.1) is 0 Å². The first kappa shape index (κ1) is 19.2. The summed E-state index contributed by atoms with van der Waals surface area (Å²) in [6, 6.07) is 10.1. The molecule has 6 heteroatoms. The van der Waals surface area contributed by atoms with Crippen molar-refractivity contribution >= 4 is 29.2 Å². The van der Waals surface area contributed by atoms with Gasteiger partial charge in [-0.15, -0.1) is 0 Å². The Balaban J connectivity index is 2.16. The first-order chi connectivity index (χ1) is 12.0. The molecule has 132 valence electrons. The normalized spacial score (nSPS) is 10.2. The second-order valence-electron chi connectivity index (χ2n) is 5.01. The first-order valence-corrected chi connectivity index (χ1v) is 8.42. The Morgan fingerprint density at radius 2 is 1.92 bits per heavy atom. The molecule has 0 saturated carbocycles. The van der Waals surface area contributed by atoms with Gasteiger partial charge in [0.25, 0.3) is 0 Å². The lowest BCUT2D eigenvalue weighted by atomic mass is 10.2. The van der Waals surface area contributed by atoms with E-state index in [1.165, 1.54) is 6.08 Å². The van der Waals surface area contributed by atoms with E-state index < -0.39 is 5.97 Å². The third-order valence-electron chi connectivity index (χ3n) is 3.21. The van der Waals surface area contributed by atoms with Gasteiger partial charge in [0, 0.05) is 15.6 Å². The van der Waals surface area contributed by atoms with Crippen LogP contribution in [0.15, 0.2) is 49.1 Å². The average molecular weight is 381 g/mol. The van der Waals surface area contributed by atoms with Crippen LogP contribution in [0.5, 0.6) is 11.5 Å². The SMILES string of the molecule is C=CCOC(=O)c1ccc(OCc2ccc(Cl)cc2Cl)c(OCC)c1. The third-order valence-corrected chi connectivity index (χ3v) is 3.80. The lowest BCUT2D eigenvalue weighted by Crippen LogP contribution is -2.06. The van der Waals surface area contributed by atoms with Crippen molar-refractivity contribution in [1.29, 1.82) is 0 Å². The molecule has 0 fully saturated rings. The monoisotopic (exact) mass is 380 g/mol. The standard InChI is InChI=1S/C19H18Cl2O4/c1-3-9-24-19(22)13-6-8-17(18(10-13)23-4-2)25-12-14-5-7-15(20)11-16(14)21/h3,5-8,10-11H,1,4,9,12H2,2H3. The maximum absolute atomic E-state index is 11.9. The molecule has 2 aromatic carbocycles. The van der Waals surface area contributed by atoms with Crippen molar-refractivity contribution in [3.8, 4) is 11.5 Å². The van der Waals surface area contributed by atoms with E-state index in [4.69, 9.17) is 37.4 Å².